The molecule has 0 saturated carbocycles. The largest absolute Gasteiger partial charge is 0.378 e. The van der Waals surface area contributed by atoms with Crippen molar-refractivity contribution in [1.82, 2.24) is 10.3 Å². The van der Waals surface area contributed by atoms with E-state index in [1.54, 1.807) is 27.2 Å². The van der Waals surface area contributed by atoms with Crippen molar-refractivity contribution < 1.29 is 14.4 Å². The van der Waals surface area contributed by atoms with E-state index in [9.17, 15) is 10.1 Å². The van der Waals surface area contributed by atoms with Crippen molar-refractivity contribution >= 4 is 5.69 Å². The third kappa shape index (κ3) is 3.37. The number of nitrogens with one attached hydrogen (secondary N) is 1. The topological polar surface area (TPSA) is 86.5 Å². The van der Waals surface area contributed by atoms with Gasteiger partial charge in [-0.05, 0) is 13.8 Å². The van der Waals surface area contributed by atoms with Crippen molar-refractivity contribution in [2.45, 2.75) is 32.4 Å². The van der Waals surface area contributed by atoms with Gasteiger partial charge >= 0.3 is 0 Å². The van der Waals surface area contributed by atoms with Crippen LogP contribution in [0.5, 0.6) is 0 Å². The molecule has 1 unspecified atom stereocenters. The molecular weight excluding hydrogens is 274 g/mol. The zero-order valence-corrected chi connectivity index (χ0v) is 12.6. The predicted octanol–water partition coefficient (Wildman–Crippen LogP) is 1.50. The summed E-state index contributed by atoms with van der Waals surface area (Å²) in [5, 5.41) is 14.4. The van der Waals surface area contributed by atoms with Crippen LogP contribution in [0.4, 0.5) is 5.69 Å². The summed E-state index contributed by atoms with van der Waals surface area (Å²) in [7, 11) is 1.68. The van der Waals surface area contributed by atoms with E-state index >= 15 is 0 Å². The van der Waals surface area contributed by atoms with Gasteiger partial charge in [0.2, 0.25) is 0 Å². The van der Waals surface area contributed by atoms with Crippen molar-refractivity contribution in [3.05, 3.63) is 33.1 Å². The van der Waals surface area contributed by atoms with Crippen molar-refractivity contribution in [2.75, 3.05) is 26.9 Å². The van der Waals surface area contributed by atoms with Crippen molar-refractivity contribution in [1.29, 1.82) is 0 Å². The Hall–Kier alpha value is -1.57. The van der Waals surface area contributed by atoms with Crippen LogP contribution >= 0.6 is 0 Å². The minimum atomic E-state index is -0.350. The number of pyridine rings is 1. The highest BCUT2D eigenvalue weighted by atomic mass is 16.6. The van der Waals surface area contributed by atoms with E-state index in [0.717, 1.165) is 6.42 Å². The van der Waals surface area contributed by atoms with Crippen molar-refractivity contribution in [3.63, 3.8) is 0 Å². The minimum absolute atomic E-state index is 0.146. The summed E-state index contributed by atoms with van der Waals surface area (Å²) >= 11 is 0. The highest BCUT2D eigenvalue weighted by Gasteiger charge is 2.34. The van der Waals surface area contributed by atoms with Crippen molar-refractivity contribution in [2.24, 2.45) is 0 Å². The Morgan fingerprint density at radius 2 is 2.33 bits per heavy atom. The van der Waals surface area contributed by atoms with Crippen LogP contribution in [-0.2, 0) is 16.0 Å². The second-order valence-corrected chi connectivity index (χ2v) is 5.41. The highest BCUT2D eigenvalue weighted by molar-refractivity contribution is 5.47. The van der Waals surface area contributed by atoms with E-state index in [-0.39, 0.29) is 16.2 Å². The van der Waals surface area contributed by atoms with Gasteiger partial charge in [0, 0.05) is 50.6 Å². The summed E-state index contributed by atoms with van der Waals surface area (Å²) in [6.45, 7) is 5.80. The van der Waals surface area contributed by atoms with Crippen LogP contribution in [0, 0.1) is 24.0 Å². The van der Waals surface area contributed by atoms with Gasteiger partial charge in [0.05, 0.1) is 17.2 Å². The van der Waals surface area contributed by atoms with Gasteiger partial charge < -0.3 is 14.8 Å². The number of hydrogen-bond acceptors (Lipinski definition) is 6. The molecule has 7 nitrogen and oxygen atoms in total. The SMILES string of the molecule is COC1(CNCc2ncc(C)c([N+](=O)[O-])c2C)CCOC1. The lowest BCUT2D eigenvalue weighted by molar-refractivity contribution is -0.386. The number of aryl methyl sites for hydroxylation is 1. The quantitative estimate of drug-likeness (QED) is 0.632. The van der Waals surface area contributed by atoms with Crippen molar-refractivity contribution in [3.8, 4) is 0 Å². The molecule has 1 aliphatic heterocycles. The maximum atomic E-state index is 11.1. The van der Waals surface area contributed by atoms with Crippen LogP contribution in [0.15, 0.2) is 6.20 Å². The van der Waals surface area contributed by atoms with Crippen LogP contribution in [0.25, 0.3) is 0 Å². The van der Waals surface area contributed by atoms with Crippen LogP contribution in [0.1, 0.15) is 23.2 Å². The number of ether oxygens (including phenoxy) is 2. The molecule has 0 radical (unpaired) electrons. The number of nitrogens with zero attached hydrogens (tertiary/aromatic N) is 2. The lowest BCUT2D eigenvalue weighted by Crippen LogP contribution is -2.42. The van der Waals surface area contributed by atoms with E-state index in [2.05, 4.69) is 10.3 Å². The Balaban J connectivity index is 2.04. The van der Waals surface area contributed by atoms with Gasteiger partial charge in [-0.3, -0.25) is 15.1 Å². The molecule has 1 aromatic rings. The standard InChI is InChI=1S/C14H21N3O4/c1-10-6-16-12(11(2)13(10)17(18)19)7-15-8-14(20-3)4-5-21-9-14/h6,15H,4-5,7-9H2,1-3H3. The fourth-order valence-electron chi connectivity index (χ4n) is 2.59. The Kier molecular flexibility index (Phi) is 4.87. The number of aromatic nitrogens is 1. The van der Waals surface area contributed by atoms with Gasteiger partial charge in [0.1, 0.15) is 5.60 Å². The fourth-order valence-corrected chi connectivity index (χ4v) is 2.59. The first kappa shape index (κ1) is 15.8. The lowest BCUT2D eigenvalue weighted by Gasteiger charge is -2.26. The average molecular weight is 295 g/mol. The molecule has 21 heavy (non-hydrogen) atoms. The molecule has 0 aliphatic carbocycles. The summed E-state index contributed by atoms with van der Waals surface area (Å²) in [6, 6.07) is 0. The summed E-state index contributed by atoms with van der Waals surface area (Å²) in [5.41, 5.74) is 1.73. The third-order valence-electron chi connectivity index (χ3n) is 4.00. The molecule has 1 saturated heterocycles. The molecule has 1 fully saturated rings. The number of rotatable bonds is 6. The normalized spacial score (nSPS) is 21.7. The van der Waals surface area contributed by atoms with Gasteiger partial charge in [0.25, 0.3) is 5.69 Å². The summed E-state index contributed by atoms with van der Waals surface area (Å²) in [6.07, 6.45) is 2.39. The van der Waals surface area contributed by atoms with Gasteiger partial charge in [-0.2, -0.15) is 0 Å². The molecule has 0 aromatic carbocycles. The maximum absolute atomic E-state index is 11.1. The van der Waals surface area contributed by atoms with E-state index < -0.39 is 0 Å². The first-order valence-corrected chi connectivity index (χ1v) is 6.92. The van der Waals surface area contributed by atoms with Gasteiger partial charge in [0.15, 0.2) is 0 Å². The van der Waals surface area contributed by atoms with E-state index in [1.165, 1.54) is 0 Å². The van der Waals surface area contributed by atoms with Crippen LogP contribution < -0.4 is 5.32 Å². The Bertz CT molecular complexity index is 527. The molecular formula is C14H21N3O4. The van der Waals surface area contributed by atoms with Gasteiger partial charge in [-0.1, -0.05) is 0 Å². The Labute approximate surface area is 123 Å². The number of nitro groups is 1. The fraction of sp³-hybridized carbons (Fsp3) is 0.643. The first-order valence-electron chi connectivity index (χ1n) is 6.92. The molecule has 0 amide bonds. The monoisotopic (exact) mass is 295 g/mol. The zero-order chi connectivity index (χ0) is 15.5. The predicted molar refractivity (Wildman–Crippen MR) is 77.2 cm³/mol. The smallest absolute Gasteiger partial charge is 0.278 e. The van der Waals surface area contributed by atoms with Crippen LogP contribution in [-0.4, -0.2) is 42.4 Å². The molecule has 116 valence electrons. The van der Waals surface area contributed by atoms with Crippen LogP contribution in [0.3, 0.4) is 0 Å². The molecule has 1 N–H and O–H groups in total. The van der Waals surface area contributed by atoms with Gasteiger partial charge in [-0.25, -0.2) is 0 Å². The molecule has 1 atom stereocenters. The van der Waals surface area contributed by atoms with E-state index in [4.69, 9.17) is 9.47 Å². The zero-order valence-electron chi connectivity index (χ0n) is 12.6. The number of hydrogen-bond donors (Lipinski definition) is 1. The first-order chi connectivity index (χ1) is 9.99. The second-order valence-electron chi connectivity index (χ2n) is 5.41. The Morgan fingerprint density at radius 3 is 2.90 bits per heavy atom. The molecule has 0 spiro atoms. The molecule has 2 rings (SSSR count). The lowest BCUT2D eigenvalue weighted by atomic mass is 10.0. The molecule has 1 aliphatic rings. The Morgan fingerprint density at radius 1 is 1.57 bits per heavy atom. The highest BCUT2D eigenvalue weighted by Crippen LogP contribution is 2.25. The maximum Gasteiger partial charge on any atom is 0.278 e. The molecule has 0 bridgehead atoms. The average Bonchev–Trinajstić information content (AvgIpc) is 2.90. The molecule has 7 heteroatoms. The summed E-state index contributed by atoms with van der Waals surface area (Å²) in [4.78, 5) is 15.0. The number of methoxy groups -OCH3 is 1. The minimum Gasteiger partial charge on any atom is -0.378 e. The third-order valence-corrected chi connectivity index (χ3v) is 4.00. The molecule has 2 heterocycles. The van der Waals surface area contributed by atoms with Crippen LogP contribution in [0.2, 0.25) is 0 Å². The van der Waals surface area contributed by atoms with Gasteiger partial charge in [-0.15, -0.1) is 0 Å². The summed E-state index contributed by atoms with van der Waals surface area (Å²) in [5.74, 6) is 0. The summed E-state index contributed by atoms with van der Waals surface area (Å²) < 4.78 is 10.9. The van der Waals surface area contributed by atoms with E-state index in [0.29, 0.717) is 43.1 Å². The molecule has 1 aromatic heterocycles. The van der Waals surface area contributed by atoms with E-state index in [1.807, 2.05) is 0 Å². The second kappa shape index (κ2) is 6.46.